The first-order valence-corrected chi connectivity index (χ1v) is 6.56. The van der Waals surface area contributed by atoms with Crippen molar-refractivity contribution in [3.05, 3.63) is 59.0 Å². The summed E-state index contributed by atoms with van der Waals surface area (Å²) < 4.78 is 13.2. The van der Waals surface area contributed by atoms with E-state index in [4.69, 9.17) is 5.73 Å². The van der Waals surface area contributed by atoms with E-state index in [1.54, 1.807) is 25.3 Å². The molecule has 0 unspecified atom stereocenters. The van der Waals surface area contributed by atoms with Gasteiger partial charge in [-0.05, 0) is 48.4 Å². The second-order valence-electron chi connectivity index (χ2n) is 4.20. The molecule has 1 aromatic heterocycles. The molecule has 0 radical (unpaired) electrons. The molecule has 0 saturated heterocycles. The van der Waals surface area contributed by atoms with Gasteiger partial charge in [-0.3, -0.25) is 4.79 Å². The quantitative estimate of drug-likeness (QED) is 0.695. The van der Waals surface area contributed by atoms with E-state index in [2.05, 4.69) is 20.9 Å². The topological polar surface area (TPSA) is 56.0 Å². The van der Waals surface area contributed by atoms with Crippen LogP contribution in [0.4, 0.5) is 10.2 Å². The lowest BCUT2D eigenvalue weighted by Crippen LogP contribution is -2.08. The molecule has 2 N–H and O–H groups in total. The van der Waals surface area contributed by atoms with Gasteiger partial charge in [-0.2, -0.15) is 0 Å². The zero-order valence-corrected chi connectivity index (χ0v) is 11.8. The Morgan fingerprint density at radius 3 is 2.74 bits per heavy atom. The average Bonchev–Trinajstić information content (AvgIpc) is 2.40. The van der Waals surface area contributed by atoms with Crippen LogP contribution < -0.4 is 5.73 Å². The maximum Gasteiger partial charge on any atom is 0.180 e. The number of aromatic nitrogens is 1. The number of Topliss-reactive ketones (excluding diaryl/α,β-unsaturated/α-hetero) is 1. The Balaban J connectivity index is 2.30. The van der Waals surface area contributed by atoms with Crippen LogP contribution >= 0.6 is 15.9 Å². The zero-order valence-electron chi connectivity index (χ0n) is 10.2. The normalized spacial score (nSPS) is 12.2. The molecular weight excluding hydrogens is 311 g/mol. The molecule has 1 atom stereocenters. The number of pyridine rings is 1. The van der Waals surface area contributed by atoms with Gasteiger partial charge in [0, 0.05) is 11.8 Å². The van der Waals surface area contributed by atoms with Gasteiger partial charge in [0.15, 0.2) is 5.78 Å². The van der Waals surface area contributed by atoms with Crippen molar-refractivity contribution >= 4 is 27.5 Å². The molecule has 98 valence electrons. The average molecular weight is 323 g/mol. The number of alkyl halides is 1. The molecule has 2 rings (SSSR count). The summed E-state index contributed by atoms with van der Waals surface area (Å²) in [6, 6.07) is 7.65. The first-order chi connectivity index (χ1) is 8.99. The smallest absolute Gasteiger partial charge is 0.180 e. The number of benzene rings is 1. The maximum atomic E-state index is 13.2. The van der Waals surface area contributed by atoms with Crippen LogP contribution in [0.15, 0.2) is 36.5 Å². The summed E-state index contributed by atoms with van der Waals surface area (Å²) >= 11 is 3.34. The number of carbonyl (C=O) groups is 1. The number of nitrogens with two attached hydrogens (primary N) is 1. The minimum absolute atomic E-state index is 0.145. The van der Waals surface area contributed by atoms with E-state index in [0.717, 1.165) is 5.56 Å². The first-order valence-electron chi connectivity index (χ1n) is 5.65. The van der Waals surface area contributed by atoms with Crippen LogP contribution in [-0.4, -0.2) is 10.8 Å². The van der Waals surface area contributed by atoms with Crippen molar-refractivity contribution in [3.8, 4) is 0 Å². The third-order valence-electron chi connectivity index (χ3n) is 2.77. The van der Waals surface area contributed by atoms with Crippen molar-refractivity contribution in [3.63, 3.8) is 0 Å². The van der Waals surface area contributed by atoms with Crippen molar-refractivity contribution < 1.29 is 9.18 Å². The number of hydrogen-bond donors (Lipinski definition) is 1. The Kier molecular flexibility index (Phi) is 3.95. The first kappa shape index (κ1) is 13.7. The Bertz CT molecular complexity index is 631. The second kappa shape index (κ2) is 5.48. The SMILES string of the molecule is Cc1cc(C(=O)[C@H](Br)c2ccnc(N)c2)ccc1F. The second-order valence-corrected chi connectivity index (χ2v) is 5.12. The lowest BCUT2D eigenvalue weighted by atomic mass is 10.0. The van der Waals surface area contributed by atoms with Crippen molar-refractivity contribution in [1.82, 2.24) is 4.98 Å². The van der Waals surface area contributed by atoms with Gasteiger partial charge in [0.05, 0.1) is 0 Å². The summed E-state index contributed by atoms with van der Waals surface area (Å²) in [7, 11) is 0. The Labute approximate surface area is 118 Å². The number of halogens is 2. The van der Waals surface area contributed by atoms with E-state index < -0.39 is 4.83 Å². The van der Waals surface area contributed by atoms with E-state index in [-0.39, 0.29) is 11.6 Å². The van der Waals surface area contributed by atoms with Gasteiger partial charge in [-0.25, -0.2) is 9.37 Å². The van der Waals surface area contributed by atoms with Gasteiger partial charge in [0.25, 0.3) is 0 Å². The van der Waals surface area contributed by atoms with Crippen molar-refractivity contribution in [1.29, 1.82) is 0 Å². The van der Waals surface area contributed by atoms with E-state index in [0.29, 0.717) is 16.9 Å². The number of ketones is 1. The van der Waals surface area contributed by atoms with Gasteiger partial charge < -0.3 is 5.73 Å². The molecule has 5 heteroatoms. The van der Waals surface area contributed by atoms with Gasteiger partial charge in [-0.15, -0.1) is 0 Å². The highest BCUT2D eigenvalue weighted by Crippen LogP contribution is 2.28. The predicted octanol–water partition coefficient (Wildman–Crippen LogP) is 3.43. The van der Waals surface area contributed by atoms with E-state index in [1.807, 2.05) is 0 Å². The van der Waals surface area contributed by atoms with Crippen molar-refractivity contribution in [2.75, 3.05) is 5.73 Å². The maximum absolute atomic E-state index is 13.2. The van der Waals surface area contributed by atoms with E-state index in [1.165, 1.54) is 18.2 Å². The number of nitrogen functional groups attached to an aromatic ring is 1. The third kappa shape index (κ3) is 2.98. The number of rotatable bonds is 3. The molecule has 0 saturated carbocycles. The van der Waals surface area contributed by atoms with Crippen LogP contribution in [-0.2, 0) is 0 Å². The summed E-state index contributed by atoms with van der Waals surface area (Å²) in [6.07, 6.45) is 1.54. The fourth-order valence-corrected chi connectivity index (χ4v) is 2.27. The third-order valence-corrected chi connectivity index (χ3v) is 3.71. The summed E-state index contributed by atoms with van der Waals surface area (Å²) in [4.78, 5) is 15.6. The van der Waals surface area contributed by atoms with Crippen LogP contribution in [0.3, 0.4) is 0 Å². The van der Waals surface area contributed by atoms with Gasteiger partial charge >= 0.3 is 0 Å². The number of hydrogen-bond acceptors (Lipinski definition) is 3. The molecule has 2 aromatic rings. The molecule has 0 amide bonds. The molecule has 0 aliphatic carbocycles. The molecule has 0 aliphatic heterocycles. The molecular formula is C14H12BrFN2O. The van der Waals surface area contributed by atoms with Gasteiger partial charge in [0.1, 0.15) is 16.5 Å². The zero-order chi connectivity index (χ0) is 14.0. The summed E-state index contributed by atoms with van der Waals surface area (Å²) in [5.41, 5.74) is 7.21. The fraction of sp³-hybridized carbons (Fsp3) is 0.143. The number of aryl methyl sites for hydroxylation is 1. The summed E-state index contributed by atoms with van der Waals surface area (Å²) in [5, 5.41) is 0. The predicted molar refractivity (Wildman–Crippen MR) is 75.8 cm³/mol. The Hall–Kier alpha value is -1.75. The molecule has 0 aliphatic rings. The highest BCUT2D eigenvalue weighted by molar-refractivity contribution is 9.09. The van der Waals surface area contributed by atoms with Crippen LogP contribution in [0, 0.1) is 12.7 Å². The highest BCUT2D eigenvalue weighted by atomic mass is 79.9. The minimum Gasteiger partial charge on any atom is -0.384 e. The fourth-order valence-electron chi connectivity index (χ4n) is 1.72. The molecule has 1 heterocycles. The standard InChI is InChI=1S/C14H12BrFN2O/c1-8-6-10(2-3-11(8)16)14(19)13(15)9-4-5-18-12(17)7-9/h2-7,13H,1H3,(H2,17,18)/t13-/m1/s1. The number of anilines is 1. The van der Waals surface area contributed by atoms with E-state index in [9.17, 15) is 9.18 Å². The Morgan fingerprint density at radius 1 is 1.37 bits per heavy atom. The number of carbonyl (C=O) groups excluding carboxylic acids is 1. The summed E-state index contributed by atoms with van der Waals surface area (Å²) in [6.45, 7) is 1.62. The minimum atomic E-state index is -0.525. The molecule has 0 spiro atoms. The lowest BCUT2D eigenvalue weighted by Gasteiger charge is -2.10. The Morgan fingerprint density at radius 2 is 2.11 bits per heavy atom. The molecule has 0 fully saturated rings. The lowest BCUT2D eigenvalue weighted by molar-refractivity contribution is 0.0991. The van der Waals surface area contributed by atoms with Crippen molar-refractivity contribution in [2.24, 2.45) is 0 Å². The summed E-state index contributed by atoms with van der Waals surface area (Å²) in [5.74, 6) is -0.116. The van der Waals surface area contributed by atoms with Crippen LogP contribution in [0.25, 0.3) is 0 Å². The monoisotopic (exact) mass is 322 g/mol. The van der Waals surface area contributed by atoms with E-state index >= 15 is 0 Å². The van der Waals surface area contributed by atoms with Gasteiger partial charge in [-0.1, -0.05) is 15.9 Å². The van der Waals surface area contributed by atoms with Gasteiger partial charge in [0.2, 0.25) is 0 Å². The highest BCUT2D eigenvalue weighted by Gasteiger charge is 2.19. The van der Waals surface area contributed by atoms with Crippen LogP contribution in [0.2, 0.25) is 0 Å². The van der Waals surface area contributed by atoms with Crippen molar-refractivity contribution in [2.45, 2.75) is 11.8 Å². The molecule has 19 heavy (non-hydrogen) atoms. The molecule has 0 bridgehead atoms. The largest absolute Gasteiger partial charge is 0.384 e. The molecule has 3 nitrogen and oxygen atoms in total. The number of nitrogens with zero attached hydrogens (tertiary/aromatic N) is 1. The van der Waals surface area contributed by atoms with Crippen LogP contribution in [0.5, 0.6) is 0 Å². The molecule has 1 aromatic carbocycles. The van der Waals surface area contributed by atoms with Crippen LogP contribution in [0.1, 0.15) is 26.3 Å².